The normalized spacial score (nSPS) is 12.2. The molecule has 0 bridgehead atoms. The van der Waals surface area contributed by atoms with Crippen LogP contribution in [-0.2, 0) is 4.79 Å². The summed E-state index contributed by atoms with van der Waals surface area (Å²) in [7, 11) is 0. The van der Waals surface area contributed by atoms with Crippen LogP contribution in [0, 0.1) is 11.8 Å². The molecular weight excluding hydrogens is 254 g/mol. The fourth-order valence-corrected chi connectivity index (χ4v) is 2.12. The van der Waals surface area contributed by atoms with Gasteiger partial charge < -0.3 is 14.7 Å². The molecule has 0 aliphatic rings. The Balaban J connectivity index is 3.00. The van der Waals surface area contributed by atoms with Crippen LogP contribution < -0.4 is 9.64 Å². The van der Waals surface area contributed by atoms with Crippen LogP contribution in [0.4, 0.5) is 5.69 Å². The van der Waals surface area contributed by atoms with Gasteiger partial charge in [0.25, 0.3) is 0 Å². The third kappa shape index (κ3) is 4.76. The van der Waals surface area contributed by atoms with Gasteiger partial charge in [-0.05, 0) is 25.0 Å². The van der Waals surface area contributed by atoms with Gasteiger partial charge in [-0.15, -0.1) is 0 Å². The maximum atomic E-state index is 11.1. The van der Waals surface area contributed by atoms with Crippen molar-refractivity contribution in [3.8, 4) is 5.75 Å². The van der Waals surface area contributed by atoms with Crippen molar-refractivity contribution >= 4 is 11.7 Å². The van der Waals surface area contributed by atoms with E-state index in [0.717, 1.165) is 18.0 Å². The number of benzene rings is 1. The monoisotopic (exact) mass is 279 g/mol. The second-order valence-electron chi connectivity index (χ2n) is 5.44. The number of carbonyl (C=O) groups is 1. The summed E-state index contributed by atoms with van der Waals surface area (Å²) in [5.41, 5.74) is 0.969. The summed E-state index contributed by atoms with van der Waals surface area (Å²) >= 11 is 0. The lowest BCUT2D eigenvalue weighted by molar-refractivity contribution is -0.140. The van der Waals surface area contributed by atoms with Gasteiger partial charge in [-0.3, -0.25) is 4.79 Å². The molecule has 1 aromatic carbocycles. The Bertz CT molecular complexity index is 431. The molecule has 0 spiro atoms. The number of anilines is 1. The summed E-state index contributed by atoms with van der Waals surface area (Å²) < 4.78 is 5.65. The lowest BCUT2D eigenvalue weighted by atomic mass is 10.1. The molecule has 4 heteroatoms. The van der Waals surface area contributed by atoms with E-state index in [2.05, 4.69) is 18.7 Å². The quantitative estimate of drug-likeness (QED) is 0.793. The van der Waals surface area contributed by atoms with Crippen molar-refractivity contribution in [3.05, 3.63) is 24.3 Å². The van der Waals surface area contributed by atoms with Gasteiger partial charge >= 0.3 is 5.97 Å². The third-order valence-electron chi connectivity index (χ3n) is 3.01. The first kappa shape index (κ1) is 16.3. The zero-order valence-corrected chi connectivity index (χ0v) is 12.8. The number of rotatable bonds is 8. The number of nitrogens with zero attached hydrogens (tertiary/aromatic N) is 1. The Labute approximate surface area is 121 Å². The number of hydrogen-bond acceptors (Lipinski definition) is 3. The minimum absolute atomic E-state index is 0.413. The van der Waals surface area contributed by atoms with Crippen molar-refractivity contribution in [2.45, 2.75) is 27.7 Å². The molecule has 0 aliphatic carbocycles. The molecule has 0 saturated heterocycles. The SMILES string of the molecule is CCOc1ccccc1N(CC(C)C)CC(C)C(=O)O. The van der Waals surface area contributed by atoms with Crippen molar-refractivity contribution < 1.29 is 14.6 Å². The fraction of sp³-hybridized carbons (Fsp3) is 0.562. The molecule has 0 aromatic heterocycles. The van der Waals surface area contributed by atoms with Crippen LogP contribution in [-0.4, -0.2) is 30.8 Å². The Hall–Kier alpha value is -1.71. The van der Waals surface area contributed by atoms with Crippen LogP contribution in [0.5, 0.6) is 5.75 Å². The molecule has 1 rings (SSSR count). The molecule has 1 unspecified atom stereocenters. The summed E-state index contributed by atoms with van der Waals surface area (Å²) in [4.78, 5) is 13.2. The maximum Gasteiger partial charge on any atom is 0.308 e. The molecule has 1 N–H and O–H groups in total. The Morgan fingerprint density at radius 2 is 1.90 bits per heavy atom. The average molecular weight is 279 g/mol. The minimum atomic E-state index is -0.771. The molecule has 112 valence electrons. The Kier molecular flexibility index (Phi) is 6.36. The first-order valence-corrected chi connectivity index (χ1v) is 7.15. The highest BCUT2D eigenvalue weighted by Gasteiger charge is 2.19. The van der Waals surface area contributed by atoms with Crippen LogP contribution in [0.1, 0.15) is 27.7 Å². The smallest absolute Gasteiger partial charge is 0.308 e. The molecule has 20 heavy (non-hydrogen) atoms. The van der Waals surface area contributed by atoms with Crippen molar-refractivity contribution in [2.75, 3.05) is 24.6 Å². The van der Waals surface area contributed by atoms with Gasteiger partial charge in [0.15, 0.2) is 0 Å². The van der Waals surface area contributed by atoms with Crippen molar-refractivity contribution in [3.63, 3.8) is 0 Å². The van der Waals surface area contributed by atoms with E-state index in [1.807, 2.05) is 31.2 Å². The molecular formula is C16H25NO3. The second kappa shape index (κ2) is 7.78. The van der Waals surface area contributed by atoms with Crippen LogP contribution in [0.3, 0.4) is 0 Å². The van der Waals surface area contributed by atoms with Crippen molar-refractivity contribution in [1.29, 1.82) is 0 Å². The van der Waals surface area contributed by atoms with Gasteiger partial charge in [-0.25, -0.2) is 0 Å². The predicted octanol–water partition coefficient (Wildman–Crippen LogP) is 3.27. The Morgan fingerprint density at radius 1 is 1.25 bits per heavy atom. The predicted molar refractivity (Wildman–Crippen MR) is 81.5 cm³/mol. The molecule has 0 radical (unpaired) electrons. The number of ether oxygens (including phenoxy) is 1. The molecule has 4 nitrogen and oxygen atoms in total. The third-order valence-corrected chi connectivity index (χ3v) is 3.01. The van der Waals surface area contributed by atoms with Crippen LogP contribution >= 0.6 is 0 Å². The van der Waals surface area contributed by atoms with Crippen LogP contribution in [0.15, 0.2) is 24.3 Å². The van der Waals surface area contributed by atoms with E-state index < -0.39 is 11.9 Å². The van der Waals surface area contributed by atoms with Gasteiger partial charge in [0.05, 0.1) is 18.2 Å². The molecule has 0 heterocycles. The summed E-state index contributed by atoms with van der Waals surface area (Å²) in [6.45, 7) is 9.83. The Morgan fingerprint density at radius 3 is 2.45 bits per heavy atom. The fourth-order valence-electron chi connectivity index (χ4n) is 2.12. The molecule has 1 aromatic rings. The first-order chi connectivity index (χ1) is 9.45. The molecule has 1 atom stereocenters. The second-order valence-corrected chi connectivity index (χ2v) is 5.44. The average Bonchev–Trinajstić information content (AvgIpc) is 2.38. The van der Waals surface area contributed by atoms with Gasteiger partial charge in [0, 0.05) is 13.1 Å². The minimum Gasteiger partial charge on any atom is -0.492 e. The largest absolute Gasteiger partial charge is 0.492 e. The van der Waals surface area contributed by atoms with Gasteiger partial charge in [-0.1, -0.05) is 32.9 Å². The highest BCUT2D eigenvalue weighted by atomic mass is 16.5. The van der Waals surface area contributed by atoms with E-state index >= 15 is 0 Å². The summed E-state index contributed by atoms with van der Waals surface area (Å²) in [6, 6.07) is 7.80. The summed E-state index contributed by atoms with van der Waals surface area (Å²) in [5.74, 6) is 0.0787. The number of para-hydroxylation sites is 2. The van der Waals surface area contributed by atoms with Gasteiger partial charge in [0.1, 0.15) is 5.75 Å². The zero-order chi connectivity index (χ0) is 15.1. The van der Waals surface area contributed by atoms with E-state index in [-0.39, 0.29) is 0 Å². The van der Waals surface area contributed by atoms with Gasteiger partial charge in [0.2, 0.25) is 0 Å². The lowest BCUT2D eigenvalue weighted by Gasteiger charge is -2.29. The summed E-state index contributed by atoms with van der Waals surface area (Å²) in [6.07, 6.45) is 0. The van der Waals surface area contributed by atoms with Crippen LogP contribution in [0.2, 0.25) is 0 Å². The van der Waals surface area contributed by atoms with Crippen molar-refractivity contribution in [2.24, 2.45) is 11.8 Å². The first-order valence-electron chi connectivity index (χ1n) is 7.15. The number of aliphatic carboxylic acids is 1. The highest BCUT2D eigenvalue weighted by Crippen LogP contribution is 2.29. The number of carboxylic acids is 1. The number of hydrogen-bond donors (Lipinski definition) is 1. The lowest BCUT2D eigenvalue weighted by Crippen LogP contribution is -2.34. The van der Waals surface area contributed by atoms with E-state index in [1.54, 1.807) is 6.92 Å². The molecule has 0 amide bonds. The molecule has 0 aliphatic heterocycles. The van der Waals surface area contributed by atoms with Crippen LogP contribution in [0.25, 0.3) is 0 Å². The van der Waals surface area contributed by atoms with Crippen molar-refractivity contribution in [1.82, 2.24) is 0 Å². The molecule has 0 saturated carbocycles. The summed E-state index contributed by atoms with van der Waals surface area (Å²) in [5, 5.41) is 9.13. The van der Waals surface area contributed by atoms with E-state index in [4.69, 9.17) is 9.84 Å². The highest BCUT2D eigenvalue weighted by molar-refractivity contribution is 5.71. The molecule has 0 fully saturated rings. The maximum absolute atomic E-state index is 11.1. The zero-order valence-electron chi connectivity index (χ0n) is 12.8. The van der Waals surface area contributed by atoms with E-state index in [0.29, 0.717) is 19.1 Å². The van der Waals surface area contributed by atoms with E-state index in [1.165, 1.54) is 0 Å². The van der Waals surface area contributed by atoms with E-state index in [9.17, 15) is 4.79 Å². The number of carboxylic acid groups (broad SMARTS) is 1. The van der Waals surface area contributed by atoms with Gasteiger partial charge in [-0.2, -0.15) is 0 Å². The standard InChI is InChI=1S/C16H25NO3/c1-5-20-15-9-7-6-8-14(15)17(10-12(2)3)11-13(4)16(18)19/h6-9,12-13H,5,10-11H2,1-4H3,(H,18,19). The topological polar surface area (TPSA) is 49.8 Å².